The number of hydrogen-bond donors (Lipinski definition) is 1. The number of rotatable bonds is 11. The molecule has 0 aliphatic carbocycles. The van der Waals surface area contributed by atoms with Gasteiger partial charge in [-0.25, -0.2) is 0 Å². The highest BCUT2D eigenvalue weighted by molar-refractivity contribution is 6.02. The van der Waals surface area contributed by atoms with Crippen LogP contribution < -0.4 is 10.1 Å². The van der Waals surface area contributed by atoms with Crippen LogP contribution in [0.3, 0.4) is 0 Å². The van der Waals surface area contributed by atoms with Gasteiger partial charge in [0.2, 0.25) is 0 Å². The number of hydrogen-bond acceptors (Lipinski definition) is 4. The average Bonchev–Trinajstić information content (AvgIpc) is 2.76. The lowest BCUT2D eigenvalue weighted by molar-refractivity contribution is 0.0431. The van der Waals surface area contributed by atoms with Gasteiger partial charge in [-0.2, -0.15) is 0 Å². The molecule has 2 aromatic carbocycles. The quantitative estimate of drug-likeness (QED) is 0.502. The zero-order chi connectivity index (χ0) is 21.4. The number of nitrogens with one attached hydrogen (secondary N) is 1. The fraction of sp³-hybridized carbons (Fsp3) is 0.480. The number of carbonyl (C=O) groups excluding carboxylic acids is 1. The number of carbonyl (C=O) groups is 1. The first-order chi connectivity index (χ1) is 14.6. The lowest BCUT2D eigenvalue weighted by atomic mass is 9.92. The van der Waals surface area contributed by atoms with E-state index in [1.807, 2.05) is 60.4 Å². The monoisotopic (exact) mass is 410 g/mol. The Labute approximate surface area is 180 Å². The maximum atomic E-state index is 13.4. The molecule has 1 atom stereocenters. The second-order valence-corrected chi connectivity index (χ2v) is 7.95. The van der Waals surface area contributed by atoms with Crippen LogP contribution in [0, 0.1) is 0 Å². The van der Waals surface area contributed by atoms with Crippen LogP contribution in [0.4, 0.5) is 5.69 Å². The van der Waals surface area contributed by atoms with Crippen molar-refractivity contribution in [3.05, 3.63) is 59.7 Å². The summed E-state index contributed by atoms with van der Waals surface area (Å²) >= 11 is 0. The molecule has 5 nitrogen and oxygen atoms in total. The molecule has 2 aromatic rings. The van der Waals surface area contributed by atoms with Crippen molar-refractivity contribution in [3.8, 4) is 5.75 Å². The van der Waals surface area contributed by atoms with Crippen LogP contribution in [0.25, 0.3) is 0 Å². The molecule has 5 heteroatoms. The van der Waals surface area contributed by atoms with Gasteiger partial charge in [0.05, 0.1) is 18.8 Å². The minimum Gasteiger partial charge on any atom is -0.493 e. The topological polar surface area (TPSA) is 50.8 Å². The number of para-hydroxylation sites is 2. The molecule has 0 spiro atoms. The van der Waals surface area contributed by atoms with Crippen LogP contribution in [-0.4, -0.2) is 37.7 Å². The first-order valence-corrected chi connectivity index (χ1v) is 11.0. The van der Waals surface area contributed by atoms with Gasteiger partial charge in [-0.1, -0.05) is 62.9 Å². The number of ether oxygens (including phenoxy) is 2. The minimum absolute atomic E-state index is 0.00160. The van der Waals surface area contributed by atoms with Gasteiger partial charge in [0.25, 0.3) is 5.91 Å². The van der Waals surface area contributed by atoms with Crippen LogP contribution in [-0.2, 0) is 10.4 Å². The summed E-state index contributed by atoms with van der Waals surface area (Å²) in [6.45, 7) is 5.89. The van der Waals surface area contributed by atoms with E-state index in [1.54, 1.807) is 7.11 Å². The van der Waals surface area contributed by atoms with Gasteiger partial charge in [-0.3, -0.25) is 4.79 Å². The zero-order valence-electron chi connectivity index (χ0n) is 18.4. The molecule has 1 heterocycles. The number of fused-ring (bicyclic) bond motifs is 1. The van der Waals surface area contributed by atoms with E-state index < -0.39 is 5.66 Å². The van der Waals surface area contributed by atoms with Crippen LogP contribution in [0.2, 0.25) is 0 Å². The second kappa shape index (κ2) is 10.5. The molecule has 0 aromatic heterocycles. The van der Waals surface area contributed by atoms with E-state index in [-0.39, 0.29) is 5.91 Å². The Kier molecular flexibility index (Phi) is 7.75. The third-order valence-corrected chi connectivity index (χ3v) is 5.76. The third-order valence-electron chi connectivity index (χ3n) is 5.76. The molecule has 162 valence electrons. The number of anilines is 1. The predicted octanol–water partition coefficient (Wildman–Crippen LogP) is 5.42. The smallest absolute Gasteiger partial charge is 0.258 e. The standard InChI is InChI=1S/C25H34N2O3/c1-4-5-6-7-12-18-30-23-16-11-9-14-21(23)25(2)26-22-15-10-8-13-20(22)24(28)27(25)17-19-29-3/h8-11,13-16,26H,4-7,12,17-19H2,1-3H3. The summed E-state index contributed by atoms with van der Waals surface area (Å²) in [4.78, 5) is 15.2. The zero-order valence-corrected chi connectivity index (χ0v) is 18.4. The predicted molar refractivity (Wildman–Crippen MR) is 121 cm³/mol. The van der Waals surface area contributed by atoms with Crippen molar-refractivity contribution in [1.82, 2.24) is 4.90 Å². The van der Waals surface area contributed by atoms with Crippen LogP contribution in [0.5, 0.6) is 5.75 Å². The summed E-state index contributed by atoms with van der Waals surface area (Å²) in [6.07, 6.45) is 5.97. The first-order valence-electron chi connectivity index (χ1n) is 11.0. The molecule has 0 fully saturated rings. The van der Waals surface area contributed by atoms with Gasteiger partial charge in [0, 0.05) is 24.9 Å². The van der Waals surface area contributed by atoms with Gasteiger partial charge >= 0.3 is 0 Å². The lowest BCUT2D eigenvalue weighted by Crippen LogP contribution is -2.56. The molecule has 0 saturated carbocycles. The van der Waals surface area contributed by atoms with Gasteiger partial charge < -0.3 is 19.7 Å². The molecule has 0 saturated heterocycles. The fourth-order valence-corrected chi connectivity index (χ4v) is 4.06. The summed E-state index contributed by atoms with van der Waals surface area (Å²) in [7, 11) is 1.66. The second-order valence-electron chi connectivity index (χ2n) is 7.95. The van der Waals surface area contributed by atoms with E-state index in [2.05, 4.69) is 12.2 Å². The summed E-state index contributed by atoms with van der Waals surface area (Å²) in [5.74, 6) is 0.816. The van der Waals surface area contributed by atoms with Crippen molar-refractivity contribution in [2.45, 2.75) is 51.6 Å². The van der Waals surface area contributed by atoms with Gasteiger partial charge in [-0.15, -0.1) is 0 Å². The van der Waals surface area contributed by atoms with Gasteiger partial charge in [0.1, 0.15) is 11.4 Å². The van der Waals surface area contributed by atoms with E-state index in [0.29, 0.717) is 25.3 Å². The van der Waals surface area contributed by atoms with Crippen LogP contribution in [0.15, 0.2) is 48.5 Å². The lowest BCUT2D eigenvalue weighted by Gasteiger charge is -2.47. The van der Waals surface area contributed by atoms with Crippen LogP contribution >= 0.6 is 0 Å². The molecule has 1 amide bonds. The van der Waals surface area contributed by atoms with Crippen molar-refractivity contribution < 1.29 is 14.3 Å². The van der Waals surface area contributed by atoms with Crippen molar-refractivity contribution in [2.24, 2.45) is 0 Å². The van der Waals surface area contributed by atoms with E-state index in [1.165, 1.54) is 25.7 Å². The first kappa shape index (κ1) is 22.2. The summed E-state index contributed by atoms with van der Waals surface area (Å²) in [5.41, 5.74) is 1.74. The Morgan fingerprint density at radius 2 is 1.70 bits per heavy atom. The van der Waals surface area contributed by atoms with Crippen molar-refractivity contribution in [2.75, 3.05) is 32.2 Å². The molecular weight excluding hydrogens is 376 g/mol. The normalized spacial score (nSPS) is 18.1. The number of unbranched alkanes of at least 4 members (excludes halogenated alkanes) is 4. The maximum absolute atomic E-state index is 13.4. The Morgan fingerprint density at radius 3 is 2.50 bits per heavy atom. The molecule has 30 heavy (non-hydrogen) atoms. The summed E-state index contributed by atoms with van der Waals surface area (Å²) in [5, 5.41) is 3.61. The van der Waals surface area contributed by atoms with Crippen LogP contribution in [0.1, 0.15) is 61.9 Å². The molecule has 3 rings (SSSR count). The van der Waals surface area contributed by atoms with E-state index in [0.717, 1.165) is 23.4 Å². The largest absolute Gasteiger partial charge is 0.493 e. The Morgan fingerprint density at radius 1 is 0.967 bits per heavy atom. The fourth-order valence-electron chi connectivity index (χ4n) is 4.06. The molecule has 0 radical (unpaired) electrons. The van der Waals surface area contributed by atoms with E-state index in [9.17, 15) is 4.79 Å². The number of benzene rings is 2. The highest BCUT2D eigenvalue weighted by Crippen LogP contribution is 2.41. The Hall–Kier alpha value is -2.53. The number of amides is 1. The summed E-state index contributed by atoms with van der Waals surface area (Å²) < 4.78 is 11.5. The van der Waals surface area contributed by atoms with Crippen molar-refractivity contribution in [3.63, 3.8) is 0 Å². The highest BCUT2D eigenvalue weighted by Gasteiger charge is 2.43. The van der Waals surface area contributed by atoms with Gasteiger partial charge in [-0.05, 0) is 31.5 Å². The molecule has 1 aliphatic rings. The van der Waals surface area contributed by atoms with Crippen molar-refractivity contribution in [1.29, 1.82) is 0 Å². The van der Waals surface area contributed by atoms with E-state index in [4.69, 9.17) is 9.47 Å². The maximum Gasteiger partial charge on any atom is 0.258 e. The molecule has 1 aliphatic heterocycles. The van der Waals surface area contributed by atoms with E-state index >= 15 is 0 Å². The summed E-state index contributed by atoms with van der Waals surface area (Å²) in [6, 6.07) is 15.7. The SMILES string of the molecule is CCCCCCCOc1ccccc1C1(C)Nc2ccccc2C(=O)N1CCOC. The van der Waals surface area contributed by atoms with Gasteiger partial charge in [0.15, 0.2) is 0 Å². The molecule has 1 unspecified atom stereocenters. The van der Waals surface area contributed by atoms with Crippen molar-refractivity contribution >= 4 is 11.6 Å². The highest BCUT2D eigenvalue weighted by atomic mass is 16.5. The Balaban J connectivity index is 1.87. The average molecular weight is 411 g/mol. The molecule has 1 N–H and O–H groups in total. The minimum atomic E-state index is -0.733. The Bertz CT molecular complexity index is 839. The third kappa shape index (κ3) is 4.78. The molecule has 0 bridgehead atoms. The number of methoxy groups -OCH3 is 1. The number of nitrogens with zero attached hydrogens (tertiary/aromatic N) is 1. The molecular formula is C25H34N2O3.